The summed E-state index contributed by atoms with van der Waals surface area (Å²) in [5, 5.41) is 6.26. The third-order valence-electron chi connectivity index (χ3n) is 6.38. The van der Waals surface area contributed by atoms with Gasteiger partial charge in [0.25, 0.3) is 5.56 Å². The van der Waals surface area contributed by atoms with Crippen molar-refractivity contribution < 1.29 is 9.47 Å². The number of aryl methyl sites for hydroxylation is 1. The molecule has 0 spiro atoms. The van der Waals surface area contributed by atoms with Crippen LogP contribution >= 0.6 is 0 Å². The van der Waals surface area contributed by atoms with Gasteiger partial charge in [-0.25, -0.2) is 4.68 Å². The fraction of sp³-hybridized carbons (Fsp3) is 0.333. The second-order valence-electron chi connectivity index (χ2n) is 8.11. The average Bonchev–Trinajstić information content (AvgIpc) is 3.38. The van der Waals surface area contributed by atoms with Crippen LogP contribution < -0.4 is 15.0 Å². The van der Waals surface area contributed by atoms with Gasteiger partial charge in [0, 0.05) is 37.0 Å². The van der Waals surface area contributed by atoms with Gasteiger partial charge < -0.3 is 14.0 Å². The quantitative estimate of drug-likeness (QED) is 0.497. The highest BCUT2D eigenvalue weighted by atomic mass is 16.5. The van der Waals surface area contributed by atoms with Crippen LogP contribution in [0.5, 0.6) is 11.5 Å². The van der Waals surface area contributed by atoms with Crippen LogP contribution in [0.2, 0.25) is 0 Å². The molecule has 0 bridgehead atoms. The first-order chi connectivity index (χ1) is 15.1. The molecule has 2 aromatic heterocycles. The number of fused-ring (bicyclic) bond motifs is 3. The van der Waals surface area contributed by atoms with Crippen molar-refractivity contribution in [3.63, 3.8) is 0 Å². The Bertz CT molecular complexity index is 1310. The molecule has 1 aliphatic rings. The van der Waals surface area contributed by atoms with Crippen LogP contribution in [0.3, 0.4) is 0 Å². The summed E-state index contributed by atoms with van der Waals surface area (Å²) in [5.41, 5.74) is 2.82. The molecule has 4 aromatic rings. The van der Waals surface area contributed by atoms with Gasteiger partial charge in [-0.2, -0.15) is 5.10 Å². The molecule has 7 nitrogen and oxygen atoms in total. The zero-order valence-corrected chi connectivity index (χ0v) is 18.0. The van der Waals surface area contributed by atoms with E-state index in [0.717, 1.165) is 35.8 Å². The molecule has 2 aromatic carbocycles. The molecule has 0 aliphatic carbocycles. The largest absolute Gasteiger partial charge is 0.493 e. The molecule has 5 rings (SSSR count). The Morgan fingerprint density at radius 1 is 1.06 bits per heavy atom. The van der Waals surface area contributed by atoms with Gasteiger partial charge in [0.1, 0.15) is 5.52 Å². The number of ether oxygens (including phenoxy) is 2. The maximum absolute atomic E-state index is 13.4. The molecule has 1 unspecified atom stereocenters. The Morgan fingerprint density at radius 3 is 2.55 bits per heavy atom. The summed E-state index contributed by atoms with van der Waals surface area (Å²) in [6.45, 7) is 2.38. The van der Waals surface area contributed by atoms with E-state index in [-0.39, 0.29) is 5.56 Å². The zero-order chi connectivity index (χ0) is 21.5. The molecule has 1 saturated heterocycles. The van der Waals surface area contributed by atoms with E-state index in [9.17, 15) is 4.79 Å². The first-order valence-corrected chi connectivity index (χ1v) is 10.5. The summed E-state index contributed by atoms with van der Waals surface area (Å²) in [5.74, 6) is 1.77. The molecule has 0 amide bonds. The van der Waals surface area contributed by atoms with Crippen molar-refractivity contribution in [2.24, 2.45) is 7.05 Å². The van der Waals surface area contributed by atoms with Gasteiger partial charge in [-0.3, -0.25) is 9.69 Å². The van der Waals surface area contributed by atoms with E-state index in [1.54, 1.807) is 25.1 Å². The third kappa shape index (κ3) is 3.25. The normalized spacial score (nSPS) is 16.9. The van der Waals surface area contributed by atoms with Gasteiger partial charge in [0.15, 0.2) is 11.5 Å². The fourth-order valence-corrected chi connectivity index (χ4v) is 4.73. The van der Waals surface area contributed by atoms with Crippen molar-refractivity contribution >= 4 is 21.8 Å². The Hall–Kier alpha value is -3.32. The van der Waals surface area contributed by atoms with Crippen molar-refractivity contribution in [3.8, 4) is 11.5 Å². The van der Waals surface area contributed by atoms with Gasteiger partial charge >= 0.3 is 0 Å². The second kappa shape index (κ2) is 7.74. The molecule has 1 aliphatic heterocycles. The Morgan fingerprint density at radius 2 is 1.81 bits per heavy atom. The number of hydrogen-bond acceptors (Lipinski definition) is 5. The summed E-state index contributed by atoms with van der Waals surface area (Å²) in [7, 11) is 5.13. The van der Waals surface area contributed by atoms with Crippen molar-refractivity contribution in [1.82, 2.24) is 19.2 Å². The lowest BCUT2D eigenvalue weighted by atomic mass is 9.99. The van der Waals surface area contributed by atoms with Crippen LogP contribution in [0.1, 0.15) is 17.9 Å². The van der Waals surface area contributed by atoms with Crippen LogP contribution in [0.4, 0.5) is 0 Å². The Balaban J connectivity index is 1.50. The molecule has 160 valence electrons. The summed E-state index contributed by atoms with van der Waals surface area (Å²) >= 11 is 0. The highest BCUT2D eigenvalue weighted by Gasteiger charge is 2.25. The summed E-state index contributed by atoms with van der Waals surface area (Å²) < 4.78 is 14.4. The predicted molar refractivity (Wildman–Crippen MR) is 121 cm³/mol. The van der Waals surface area contributed by atoms with Crippen molar-refractivity contribution in [1.29, 1.82) is 0 Å². The molecule has 0 radical (unpaired) electrons. The van der Waals surface area contributed by atoms with Gasteiger partial charge in [0.2, 0.25) is 0 Å². The minimum atomic E-state index is -0.0858. The minimum Gasteiger partial charge on any atom is -0.493 e. The molecule has 0 saturated carbocycles. The highest BCUT2D eigenvalue weighted by molar-refractivity contribution is 6.08. The van der Waals surface area contributed by atoms with Gasteiger partial charge in [-0.1, -0.05) is 30.3 Å². The predicted octanol–water partition coefficient (Wildman–Crippen LogP) is 3.35. The minimum absolute atomic E-state index is 0.0858. The van der Waals surface area contributed by atoms with Crippen molar-refractivity contribution in [2.75, 3.05) is 27.3 Å². The molecular weight excluding hydrogens is 392 g/mol. The smallest absolute Gasteiger partial charge is 0.292 e. The van der Waals surface area contributed by atoms with E-state index in [4.69, 9.17) is 9.47 Å². The number of aromatic nitrogens is 3. The van der Waals surface area contributed by atoms with Gasteiger partial charge in [0.05, 0.1) is 32.6 Å². The number of rotatable bonds is 5. The summed E-state index contributed by atoms with van der Waals surface area (Å²) in [6, 6.07) is 14.4. The van der Waals surface area contributed by atoms with Crippen molar-refractivity contribution in [2.45, 2.75) is 19.0 Å². The molecule has 1 atom stereocenters. The van der Waals surface area contributed by atoms with Crippen LogP contribution in [0, 0.1) is 0 Å². The van der Waals surface area contributed by atoms with Crippen LogP contribution in [0.25, 0.3) is 21.8 Å². The van der Waals surface area contributed by atoms with Gasteiger partial charge in [-0.15, -0.1) is 0 Å². The average molecular weight is 418 g/mol. The van der Waals surface area contributed by atoms with Crippen LogP contribution in [-0.4, -0.2) is 46.6 Å². The topological polar surface area (TPSA) is 61.5 Å². The molecule has 3 heterocycles. The first-order valence-electron chi connectivity index (χ1n) is 10.5. The fourth-order valence-electron chi connectivity index (χ4n) is 4.73. The molecular formula is C24H26N4O3. The maximum atomic E-state index is 13.4. The number of benzene rings is 2. The first kappa shape index (κ1) is 19.6. The lowest BCUT2D eigenvalue weighted by molar-refractivity contribution is 0.246. The Kier molecular flexibility index (Phi) is 4.90. The van der Waals surface area contributed by atoms with E-state index < -0.39 is 0 Å². The second-order valence-corrected chi connectivity index (χ2v) is 8.11. The molecule has 7 heteroatoms. The number of likely N-dealkylation sites (tertiary alicyclic amines) is 1. The summed E-state index contributed by atoms with van der Waals surface area (Å²) in [4.78, 5) is 15.7. The molecule has 0 N–H and O–H groups in total. The third-order valence-corrected chi connectivity index (χ3v) is 6.38. The van der Waals surface area contributed by atoms with Gasteiger partial charge in [-0.05, 0) is 24.0 Å². The molecule has 1 fully saturated rings. The zero-order valence-electron chi connectivity index (χ0n) is 18.0. The van der Waals surface area contributed by atoms with E-state index in [2.05, 4.69) is 34.3 Å². The lowest BCUT2D eigenvalue weighted by Gasteiger charge is -2.17. The van der Waals surface area contributed by atoms with Crippen LogP contribution in [-0.2, 0) is 13.7 Å². The number of hydrogen-bond donors (Lipinski definition) is 0. The number of nitrogens with zero attached hydrogens (tertiary/aromatic N) is 4. The summed E-state index contributed by atoms with van der Waals surface area (Å²) in [6.07, 6.45) is 2.88. The van der Waals surface area contributed by atoms with E-state index in [1.165, 1.54) is 5.56 Å². The SMILES string of the molecule is COc1cc2c3cnn(CN4CCC(c5ccccc5)C4)c(=O)c3n(C)c2cc1OC. The molecule has 31 heavy (non-hydrogen) atoms. The highest BCUT2D eigenvalue weighted by Crippen LogP contribution is 2.36. The van der Waals surface area contributed by atoms with E-state index in [1.807, 2.05) is 29.8 Å². The monoisotopic (exact) mass is 418 g/mol. The van der Waals surface area contributed by atoms with E-state index in [0.29, 0.717) is 29.6 Å². The standard InChI is InChI=1S/C24H26N4O3/c1-26-20-12-22(31-3)21(30-2)11-18(20)19-13-25-28(24(29)23(19)26)15-27-10-9-17(14-27)16-7-5-4-6-8-16/h4-8,11-13,17H,9-10,14-15H2,1-3H3. The van der Waals surface area contributed by atoms with E-state index >= 15 is 0 Å². The lowest BCUT2D eigenvalue weighted by Crippen LogP contribution is -2.33. The number of methoxy groups -OCH3 is 2. The Labute approximate surface area is 180 Å². The van der Waals surface area contributed by atoms with Crippen LogP contribution in [0.15, 0.2) is 53.5 Å². The van der Waals surface area contributed by atoms with Crippen molar-refractivity contribution in [3.05, 3.63) is 64.6 Å². The maximum Gasteiger partial charge on any atom is 0.292 e.